The van der Waals surface area contributed by atoms with Gasteiger partial charge in [0.1, 0.15) is 0 Å². The van der Waals surface area contributed by atoms with Gasteiger partial charge in [0.15, 0.2) is 5.16 Å². The molecule has 1 aromatic heterocycles. The predicted octanol–water partition coefficient (Wildman–Crippen LogP) is 0.670. The minimum atomic E-state index is 0.620. The average molecular weight is 195 g/mol. The van der Waals surface area contributed by atoms with Crippen molar-refractivity contribution < 1.29 is 4.79 Å². The molecule has 5 heteroatoms. The van der Waals surface area contributed by atoms with E-state index in [0.29, 0.717) is 13.1 Å². The second-order valence-corrected chi connectivity index (χ2v) is 3.61. The maximum absolute atomic E-state index is 10.5. The third-order valence-electron chi connectivity index (χ3n) is 1.99. The molecule has 0 fully saturated rings. The van der Waals surface area contributed by atoms with Gasteiger partial charge < -0.3 is 4.90 Å². The summed E-state index contributed by atoms with van der Waals surface area (Å²) in [4.78, 5) is 20.7. The van der Waals surface area contributed by atoms with Crippen molar-refractivity contribution in [2.75, 3.05) is 6.26 Å². The molecule has 1 aromatic rings. The van der Waals surface area contributed by atoms with Crippen molar-refractivity contribution in [1.82, 2.24) is 14.9 Å². The molecule has 1 amide bonds. The molecule has 68 valence electrons. The molecular formula is C8H9N3OS. The molecule has 0 saturated heterocycles. The lowest BCUT2D eigenvalue weighted by Crippen LogP contribution is -2.12. The summed E-state index contributed by atoms with van der Waals surface area (Å²) < 4.78 is 0. The summed E-state index contributed by atoms with van der Waals surface area (Å²) in [6.07, 6.45) is 4.59. The number of nitrogens with zero attached hydrogens (tertiary/aromatic N) is 3. The summed E-state index contributed by atoms with van der Waals surface area (Å²) in [5.41, 5.74) is 2.04. The van der Waals surface area contributed by atoms with Crippen molar-refractivity contribution in [1.29, 1.82) is 0 Å². The number of thioether (sulfide) groups is 1. The Hall–Kier alpha value is -1.10. The number of rotatable bonds is 2. The zero-order chi connectivity index (χ0) is 9.26. The molecule has 0 aromatic carbocycles. The number of carbonyl (C=O) groups is 1. The second kappa shape index (κ2) is 3.33. The minimum Gasteiger partial charge on any atom is -0.335 e. The lowest BCUT2D eigenvalue weighted by molar-refractivity contribution is -0.118. The van der Waals surface area contributed by atoms with Crippen molar-refractivity contribution >= 4 is 18.2 Å². The van der Waals surface area contributed by atoms with E-state index in [1.54, 1.807) is 11.1 Å². The molecule has 2 heterocycles. The third-order valence-corrected chi connectivity index (χ3v) is 2.55. The van der Waals surface area contributed by atoms with Gasteiger partial charge in [-0.2, -0.15) is 0 Å². The van der Waals surface area contributed by atoms with Crippen molar-refractivity contribution in [3.05, 3.63) is 17.5 Å². The van der Waals surface area contributed by atoms with Crippen LogP contribution in [0.15, 0.2) is 11.4 Å². The fourth-order valence-electron chi connectivity index (χ4n) is 1.33. The zero-order valence-electron chi connectivity index (χ0n) is 7.23. The molecule has 0 N–H and O–H groups in total. The minimum absolute atomic E-state index is 0.620. The quantitative estimate of drug-likeness (QED) is 0.395. The topological polar surface area (TPSA) is 46.1 Å². The van der Waals surface area contributed by atoms with Crippen LogP contribution in [0.1, 0.15) is 11.3 Å². The van der Waals surface area contributed by atoms with Crippen molar-refractivity contribution in [2.24, 2.45) is 0 Å². The van der Waals surface area contributed by atoms with Crippen LogP contribution >= 0.6 is 11.8 Å². The molecule has 0 bridgehead atoms. The summed E-state index contributed by atoms with van der Waals surface area (Å²) in [6, 6.07) is 0. The van der Waals surface area contributed by atoms with Crippen LogP contribution in [0.2, 0.25) is 0 Å². The Kier molecular flexibility index (Phi) is 2.18. The largest absolute Gasteiger partial charge is 0.335 e. The number of aromatic nitrogens is 2. The molecule has 2 rings (SSSR count). The molecule has 0 radical (unpaired) electrons. The number of hydrogen-bond donors (Lipinski definition) is 0. The Morgan fingerprint density at radius 1 is 1.62 bits per heavy atom. The molecule has 0 unspecified atom stereocenters. The fourth-order valence-corrected chi connectivity index (χ4v) is 1.69. The number of carbonyl (C=O) groups excluding carboxylic acids is 1. The van der Waals surface area contributed by atoms with Gasteiger partial charge in [0.2, 0.25) is 6.41 Å². The first-order valence-corrected chi connectivity index (χ1v) is 5.14. The number of hydrogen-bond acceptors (Lipinski definition) is 4. The monoisotopic (exact) mass is 195 g/mol. The normalized spacial score (nSPS) is 14.4. The summed E-state index contributed by atoms with van der Waals surface area (Å²) >= 11 is 1.51. The Balaban J connectivity index is 2.30. The van der Waals surface area contributed by atoms with E-state index < -0.39 is 0 Å². The molecule has 4 nitrogen and oxygen atoms in total. The highest BCUT2D eigenvalue weighted by molar-refractivity contribution is 7.98. The van der Waals surface area contributed by atoms with Gasteiger partial charge in [-0.3, -0.25) is 4.79 Å². The molecule has 13 heavy (non-hydrogen) atoms. The summed E-state index contributed by atoms with van der Waals surface area (Å²) in [5.74, 6) is 0. The van der Waals surface area contributed by atoms with E-state index in [9.17, 15) is 4.79 Å². The molecule has 1 aliphatic heterocycles. The fraction of sp³-hybridized carbons (Fsp3) is 0.375. The van der Waals surface area contributed by atoms with Gasteiger partial charge in [-0.05, 0) is 6.26 Å². The van der Waals surface area contributed by atoms with Gasteiger partial charge in [-0.1, -0.05) is 11.8 Å². The van der Waals surface area contributed by atoms with Gasteiger partial charge in [0.25, 0.3) is 0 Å². The number of amides is 1. The second-order valence-electron chi connectivity index (χ2n) is 2.84. The van der Waals surface area contributed by atoms with Gasteiger partial charge in [-0.15, -0.1) is 0 Å². The van der Waals surface area contributed by atoms with Crippen LogP contribution in [-0.4, -0.2) is 27.5 Å². The van der Waals surface area contributed by atoms with Crippen LogP contribution in [0.3, 0.4) is 0 Å². The van der Waals surface area contributed by atoms with Crippen LogP contribution in [0, 0.1) is 0 Å². The smallest absolute Gasteiger partial charge is 0.210 e. The van der Waals surface area contributed by atoms with Crippen LogP contribution in [0.25, 0.3) is 0 Å². The Morgan fingerprint density at radius 3 is 3.15 bits per heavy atom. The van der Waals surface area contributed by atoms with E-state index in [-0.39, 0.29) is 0 Å². The first-order chi connectivity index (χ1) is 6.33. The van der Waals surface area contributed by atoms with Crippen LogP contribution in [-0.2, 0) is 17.9 Å². The lowest BCUT2D eigenvalue weighted by atomic mass is 10.3. The standard InChI is InChI=1S/C8H9N3OS/c1-13-8-9-2-6-3-11(5-12)4-7(6)10-8/h2,5H,3-4H2,1H3. The molecule has 0 spiro atoms. The molecular weight excluding hydrogens is 186 g/mol. The Bertz CT molecular complexity index is 342. The SMILES string of the molecule is CSc1ncc2c(n1)CN(C=O)C2. The van der Waals surface area contributed by atoms with Gasteiger partial charge in [0.05, 0.1) is 12.2 Å². The average Bonchev–Trinajstić information content (AvgIpc) is 2.58. The first-order valence-electron chi connectivity index (χ1n) is 3.91. The first kappa shape index (κ1) is 8.50. The van der Waals surface area contributed by atoms with Crippen molar-refractivity contribution in [2.45, 2.75) is 18.2 Å². The predicted molar refractivity (Wildman–Crippen MR) is 49.1 cm³/mol. The summed E-state index contributed by atoms with van der Waals surface area (Å²) in [6.45, 7) is 1.27. The van der Waals surface area contributed by atoms with Crippen molar-refractivity contribution in [3.8, 4) is 0 Å². The maximum atomic E-state index is 10.5. The van der Waals surface area contributed by atoms with E-state index in [2.05, 4.69) is 9.97 Å². The summed E-state index contributed by atoms with van der Waals surface area (Å²) in [7, 11) is 0. The van der Waals surface area contributed by atoms with Crippen molar-refractivity contribution in [3.63, 3.8) is 0 Å². The van der Waals surface area contributed by atoms with Crippen LogP contribution < -0.4 is 0 Å². The lowest BCUT2D eigenvalue weighted by Gasteiger charge is -2.03. The van der Waals surface area contributed by atoms with Gasteiger partial charge in [-0.25, -0.2) is 9.97 Å². The summed E-state index contributed by atoms with van der Waals surface area (Å²) in [5, 5.41) is 0.770. The number of fused-ring (bicyclic) bond motifs is 1. The third kappa shape index (κ3) is 1.51. The van der Waals surface area contributed by atoms with E-state index in [0.717, 1.165) is 22.8 Å². The molecule has 0 atom stereocenters. The zero-order valence-corrected chi connectivity index (χ0v) is 8.04. The van der Waals surface area contributed by atoms with Gasteiger partial charge in [0, 0.05) is 18.3 Å². The van der Waals surface area contributed by atoms with E-state index >= 15 is 0 Å². The maximum Gasteiger partial charge on any atom is 0.210 e. The Labute approximate surface area is 80.4 Å². The molecule has 0 aliphatic carbocycles. The highest BCUT2D eigenvalue weighted by Gasteiger charge is 2.19. The van der Waals surface area contributed by atoms with Crippen LogP contribution in [0.5, 0.6) is 0 Å². The highest BCUT2D eigenvalue weighted by atomic mass is 32.2. The Morgan fingerprint density at radius 2 is 2.46 bits per heavy atom. The van der Waals surface area contributed by atoms with E-state index in [4.69, 9.17) is 0 Å². The molecule has 1 aliphatic rings. The van der Waals surface area contributed by atoms with E-state index in [1.165, 1.54) is 11.8 Å². The van der Waals surface area contributed by atoms with Gasteiger partial charge >= 0.3 is 0 Å². The highest BCUT2D eigenvalue weighted by Crippen LogP contribution is 2.20. The van der Waals surface area contributed by atoms with Crippen LogP contribution in [0.4, 0.5) is 0 Å². The molecule has 0 saturated carbocycles. The van der Waals surface area contributed by atoms with E-state index in [1.807, 2.05) is 6.26 Å².